The number of anilines is 1. The number of carbonyl (C=O) groups is 1. The Labute approximate surface area is 177 Å². The van der Waals surface area contributed by atoms with Crippen LogP contribution in [-0.4, -0.2) is 53.6 Å². The fourth-order valence-corrected chi connectivity index (χ4v) is 3.79. The number of fused-ring (bicyclic) bond motifs is 1. The molecule has 2 atom stereocenters. The lowest BCUT2D eigenvalue weighted by atomic mass is 9.90. The summed E-state index contributed by atoms with van der Waals surface area (Å²) in [4.78, 5) is 26.3. The monoisotopic (exact) mass is 412 g/mol. The predicted molar refractivity (Wildman–Crippen MR) is 120 cm³/mol. The number of methoxy groups -OCH3 is 1. The van der Waals surface area contributed by atoms with Gasteiger partial charge >= 0.3 is 0 Å². The van der Waals surface area contributed by atoms with Gasteiger partial charge in [-0.05, 0) is 45.7 Å². The largest absolute Gasteiger partial charge is 0.386 e. The number of aliphatic imine (C=N–C) groups is 1. The van der Waals surface area contributed by atoms with Crippen LogP contribution in [0.15, 0.2) is 23.2 Å². The van der Waals surface area contributed by atoms with E-state index in [1.165, 1.54) is 0 Å². The molecule has 1 amide bonds. The molecule has 8 heteroatoms. The molecule has 1 aliphatic rings. The Hall–Kier alpha value is -2.74. The van der Waals surface area contributed by atoms with Crippen molar-refractivity contribution in [3.8, 4) is 0 Å². The van der Waals surface area contributed by atoms with Crippen LogP contribution in [0, 0.1) is 6.92 Å². The molecular weight excluding hydrogens is 380 g/mol. The molecule has 8 nitrogen and oxygen atoms in total. The van der Waals surface area contributed by atoms with E-state index in [2.05, 4.69) is 25.6 Å². The maximum atomic E-state index is 12.6. The molecule has 1 aromatic heterocycles. The number of ether oxygens (including phenoxy) is 1. The molecule has 162 valence electrons. The van der Waals surface area contributed by atoms with Gasteiger partial charge in [0.15, 0.2) is 0 Å². The lowest BCUT2D eigenvalue weighted by Gasteiger charge is -2.30. The smallest absolute Gasteiger partial charge is 0.289 e. The Morgan fingerprint density at radius 3 is 2.80 bits per heavy atom. The topological polar surface area (TPSA) is 115 Å². The van der Waals surface area contributed by atoms with Gasteiger partial charge in [-0.25, -0.2) is 9.97 Å². The lowest BCUT2D eigenvalue weighted by Crippen LogP contribution is -2.38. The molecule has 3 rings (SSSR count). The van der Waals surface area contributed by atoms with Crippen LogP contribution in [-0.2, 0) is 4.74 Å². The second kappa shape index (κ2) is 9.84. The van der Waals surface area contributed by atoms with Crippen molar-refractivity contribution < 1.29 is 9.53 Å². The first-order valence-corrected chi connectivity index (χ1v) is 10.5. The Kier molecular flexibility index (Phi) is 7.20. The molecule has 4 N–H and O–H groups in total. The third-order valence-corrected chi connectivity index (χ3v) is 5.15. The van der Waals surface area contributed by atoms with Crippen molar-refractivity contribution in [3.63, 3.8) is 0 Å². The minimum atomic E-state index is -0.280. The molecule has 1 aliphatic carbocycles. The number of nitrogens with two attached hydrogens (primary N) is 1. The highest BCUT2D eigenvalue weighted by atomic mass is 16.5. The van der Waals surface area contributed by atoms with E-state index >= 15 is 0 Å². The van der Waals surface area contributed by atoms with Crippen LogP contribution in [0.2, 0.25) is 0 Å². The number of amides is 1. The summed E-state index contributed by atoms with van der Waals surface area (Å²) in [5.41, 5.74) is 7.86. The van der Waals surface area contributed by atoms with Gasteiger partial charge in [0.1, 0.15) is 18.3 Å². The summed E-state index contributed by atoms with van der Waals surface area (Å²) in [7, 11) is 1.61. The summed E-state index contributed by atoms with van der Waals surface area (Å²) in [6.07, 6.45) is 4.12. The third kappa shape index (κ3) is 5.44. The predicted octanol–water partition coefficient (Wildman–Crippen LogP) is 2.80. The van der Waals surface area contributed by atoms with Crippen molar-refractivity contribution >= 4 is 28.5 Å². The van der Waals surface area contributed by atoms with Crippen LogP contribution in [0.25, 0.3) is 10.9 Å². The Bertz CT molecular complexity index is 927. The van der Waals surface area contributed by atoms with Crippen molar-refractivity contribution in [1.82, 2.24) is 15.3 Å². The lowest BCUT2D eigenvalue weighted by molar-refractivity contribution is 0.0933. The molecule has 0 spiro atoms. The minimum Gasteiger partial charge on any atom is -0.386 e. The van der Waals surface area contributed by atoms with E-state index < -0.39 is 0 Å². The van der Waals surface area contributed by atoms with E-state index in [0.29, 0.717) is 18.3 Å². The number of hydrogen-bond donors (Lipinski definition) is 3. The number of nitrogens with zero attached hydrogens (tertiary/aromatic N) is 3. The van der Waals surface area contributed by atoms with Crippen LogP contribution >= 0.6 is 0 Å². The fraction of sp³-hybridized carbons (Fsp3) is 0.545. The molecule has 1 heterocycles. The highest BCUT2D eigenvalue weighted by Crippen LogP contribution is 2.28. The first-order valence-electron chi connectivity index (χ1n) is 10.5. The van der Waals surface area contributed by atoms with Crippen LogP contribution < -0.4 is 16.4 Å². The summed E-state index contributed by atoms with van der Waals surface area (Å²) in [6, 6.07) is 6.08. The Balaban J connectivity index is 1.97. The van der Waals surface area contributed by atoms with Crippen molar-refractivity contribution in [2.45, 2.75) is 64.6 Å². The number of amidine groups is 1. The molecule has 1 aromatic carbocycles. The highest BCUT2D eigenvalue weighted by molar-refractivity contribution is 5.96. The summed E-state index contributed by atoms with van der Waals surface area (Å²) >= 11 is 0. The number of aromatic nitrogens is 2. The number of carbonyl (C=O) groups excluding carboxylic acids is 1. The SMILES string of the molecule is COCC(N)=N[C@@H]1CCCC[C@@H]1Nc1nc(C(=O)NC(C)C)nc2ccc(C)cc12. The second-order valence-corrected chi connectivity index (χ2v) is 8.20. The average molecular weight is 413 g/mol. The van der Waals surface area contributed by atoms with Crippen molar-refractivity contribution in [1.29, 1.82) is 0 Å². The molecule has 0 aliphatic heterocycles. The first-order chi connectivity index (χ1) is 14.4. The second-order valence-electron chi connectivity index (χ2n) is 8.20. The number of nitrogens with one attached hydrogen (secondary N) is 2. The van der Waals surface area contributed by atoms with Gasteiger partial charge in [-0.3, -0.25) is 9.79 Å². The zero-order valence-electron chi connectivity index (χ0n) is 18.2. The average Bonchev–Trinajstić information content (AvgIpc) is 2.69. The summed E-state index contributed by atoms with van der Waals surface area (Å²) in [5, 5.41) is 7.33. The molecule has 1 saturated carbocycles. The molecule has 1 fully saturated rings. The molecular formula is C22H32N6O2. The third-order valence-electron chi connectivity index (χ3n) is 5.15. The van der Waals surface area contributed by atoms with Gasteiger partial charge in [0, 0.05) is 24.6 Å². The molecule has 0 bridgehead atoms. The molecule has 0 radical (unpaired) electrons. The van der Waals surface area contributed by atoms with Crippen molar-refractivity contribution in [2.75, 3.05) is 19.0 Å². The summed E-state index contributed by atoms with van der Waals surface area (Å²) in [6.45, 7) is 6.17. The van der Waals surface area contributed by atoms with Gasteiger partial charge in [0.25, 0.3) is 5.91 Å². The Morgan fingerprint density at radius 2 is 2.07 bits per heavy atom. The summed E-state index contributed by atoms with van der Waals surface area (Å²) < 4.78 is 5.10. The fourth-order valence-electron chi connectivity index (χ4n) is 3.79. The van der Waals surface area contributed by atoms with E-state index in [4.69, 9.17) is 10.5 Å². The normalized spacial score (nSPS) is 19.8. The maximum absolute atomic E-state index is 12.6. The van der Waals surface area contributed by atoms with Gasteiger partial charge < -0.3 is 21.1 Å². The molecule has 2 aromatic rings. The van der Waals surface area contributed by atoms with Gasteiger partial charge in [-0.15, -0.1) is 0 Å². The quantitative estimate of drug-likeness (QED) is 0.476. The highest BCUT2D eigenvalue weighted by Gasteiger charge is 2.26. The van der Waals surface area contributed by atoms with Gasteiger partial charge in [-0.2, -0.15) is 0 Å². The summed E-state index contributed by atoms with van der Waals surface area (Å²) in [5.74, 6) is 1.04. The zero-order chi connectivity index (χ0) is 21.7. The van der Waals surface area contributed by atoms with Crippen LogP contribution in [0.5, 0.6) is 0 Å². The molecule has 0 saturated heterocycles. The standard InChI is InChI=1S/C22H32N6O2/c1-13(2)24-22(29)21-26-16-10-9-14(3)11-15(16)20(28-21)27-18-8-6-5-7-17(18)25-19(23)12-30-4/h9-11,13,17-18H,5-8,12H2,1-4H3,(H2,23,25)(H,24,29)(H,26,27,28)/t17-,18+/m1/s1. The van der Waals surface area contributed by atoms with Crippen LogP contribution in [0.1, 0.15) is 55.7 Å². The molecule has 0 unspecified atom stereocenters. The first kappa shape index (κ1) is 22.0. The van der Waals surface area contributed by atoms with Gasteiger partial charge in [-0.1, -0.05) is 24.5 Å². The van der Waals surface area contributed by atoms with E-state index in [9.17, 15) is 4.79 Å². The van der Waals surface area contributed by atoms with Crippen LogP contribution in [0.4, 0.5) is 5.82 Å². The van der Waals surface area contributed by atoms with Gasteiger partial charge in [0.05, 0.1) is 11.6 Å². The van der Waals surface area contributed by atoms with Crippen molar-refractivity contribution in [2.24, 2.45) is 10.7 Å². The number of aryl methyl sites for hydroxylation is 1. The Morgan fingerprint density at radius 1 is 1.30 bits per heavy atom. The van der Waals surface area contributed by atoms with E-state index in [0.717, 1.165) is 42.1 Å². The molecule has 30 heavy (non-hydrogen) atoms. The minimum absolute atomic E-state index is 0.00652. The van der Waals surface area contributed by atoms with Crippen molar-refractivity contribution in [3.05, 3.63) is 29.6 Å². The van der Waals surface area contributed by atoms with Gasteiger partial charge in [0.2, 0.25) is 5.82 Å². The van der Waals surface area contributed by atoms with E-state index in [-0.39, 0.29) is 29.9 Å². The number of hydrogen-bond acceptors (Lipinski definition) is 6. The maximum Gasteiger partial charge on any atom is 0.289 e. The van der Waals surface area contributed by atoms with E-state index in [1.807, 2.05) is 39.0 Å². The number of benzene rings is 1. The number of rotatable bonds is 7. The van der Waals surface area contributed by atoms with Crippen LogP contribution in [0.3, 0.4) is 0 Å². The zero-order valence-corrected chi connectivity index (χ0v) is 18.2. The van der Waals surface area contributed by atoms with E-state index in [1.54, 1.807) is 7.11 Å².